The van der Waals surface area contributed by atoms with Gasteiger partial charge in [0, 0.05) is 6.07 Å². The van der Waals surface area contributed by atoms with Crippen LogP contribution in [0.1, 0.15) is 6.92 Å². The predicted octanol–water partition coefficient (Wildman–Crippen LogP) is 2.57. The number of benzene rings is 1. The largest absolute Gasteiger partial charge is 0.319 e. The predicted molar refractivity (Wildman–Crippen MR) is 77.0 cm³/mol. The number of hydrogen-bond donors (Lipinski definition) is 1. The summed E-state index contributed by atoms with van der Waals surface area (Å²) >= 11 is 2.59. The van der Waals surface area contributed by atoms with Crippen molar-refractivity contribution < 1.29 is 9.72 Å². The van der Waals surface area contributed by atoms with Gasteiger partial charge >= 0.3 is 0 Å². The van der Waals surface area contributed by atoms with Crippen molar-refractivity contribution in [3.8, 4) is 0 Å². The Bertz CT molecular complexity index is 618. The van der Waals surface area contributed by atoms with Crippen molar-refractivity contribution >= 4 is 40.4 Å². The molecule has 0 fully saturated rings. The van der Waals surface area contributed by atoms with Crippen molar-refractivity contribution in [3.05, 3.63) is 39.9 Å². The van der Waals surface area contributed by atoms with Gasteiger partial charge in [-0.3, -0.25) is 14.9 Å². The Balaban J connectivity index is 2.06. The minimum Gasteiger partial charge on any atom is -0.319 e. The summed E-state index contributed by atoms with van der Waals surface area (Å²) in [5, 5.41) is 20.5. The third-order valence-electron chi connectivity index (χ3n) is 2.35. The van der Waals surface area contributed by atoms with Gasteiger partial charge in [-0.25, -0.2) is 0 Å². The number of rotatable bonds is 5. The lowest BCUT2D eigenvalue weighted by molar-refractivity contribution is -0.383. The Kier molecular flexibility index (Phi) is 4.64. The van der Waals surface area contributed by atoms with E-state index in [1.165, 1.54) is 35.2 Å². The number of thioether (sulfide) groups is 1. The Morgan fingerprint density at radius 2 is 2.25 bits per heavy atom. The molecule has 0 aliphatic heterocycles. The van der Waals surface area contributed by atoms with Crippen LogP contribution in [0, 0.1) is 10.1 Å². The summed E-state index contributed by atoms with van der Waals surface area (Å²) in [4.78, 5) is 22.3. The van der Waals surface area contributed by atoms with Crippen LogP contribution in [0.25, 0.3) is 0 Å². The highest BCUT2D eigenvalue weighted by Gasteiger charge is 2.20. The lowest BCUT2D eigenvalue weighted by Gasteiger charge is -2.10. The van der Waals surface area contributed by atoms with Crippen LogP contribution in [-0.4, -0.2) is 26.3 Å². The summed E-state index contributed by atoms with van der Waals surface area (Å²) in [6, 6.07) is 6.02. The Morgan fingerprint density at radius 3 is 2.90 bits per heavy atom. The van der Waals surface area contributed by atoms with Crippen LogP contribution in [-0.2, 0) is 4.79 Å². The molecule has 2 rings (SSSR count). The number of anilines is 1. The molecule has 1 atom stereocenters. The number of carbonyl (C=O) groups excluding carboxylic acids is 1. The van der Waals surface area contributed by atoms with Gasteiger partial charge in [0.25, 0.3) is 5.69 Å². The monoisotopic (exact) mass is 310 g/mol. The first-order valence-electron chi connectivity index (χ1n) is 5.55. The van der Waals surface area contributed by atoms with Crippen molar-refractivity contribution in [2.24, 2.45) is 0 Å². The van der Waals surface area contributed by atoms with E-state index in [9.17, 15) is 14.9 Å². The van der Waals surface area contributed by atoms with E-state index >= 15 is 0 Å². The normalized spacial score (nSPS) is 11.8. The molecule has 0 spiro atoms. The molecule has 0 bridgehead atoms. The number of nitro groups is 1. The van der Waals surface area contributed by atoms with Gasteiger partial charge in [-0.1, -0.05) is 35.2 Å². The number of amides is 1. The molecule has 0 saturated carbocycles. The number of carbonyl (C=O) groups is 1. The molecule has 0 radical (unpaired) electrons. The van der Waals surface area contributed by atoms with Gasteiger partial charge in [-0.2, -0.15) is 0 Å². The molecule has 9 heteroatoms. The average Bonchev–Trinajstić information content (AvgIpc) is 2.91. The van der Waals surface area contributed by atoms with Crippen molar-refractivity contribution in [2.45, 2.75) is 16.5 Å². The molecule has 0 aliphatic rings. The lowest BCUT2D eigenvalue weighted by atomic mass is 10.2. The standard InChI is InChI=1S/C11H10N4O3S2/c1-7(20-11-14-12-6-19-11)10(16)13-8-4-2-3-5-9(8)15(17)18/h2-7H,1H3,(H,13,16)/t7-/m0/s1. The SMILES string of the molecule is C[C@H](Sc1nncs1)C(=O)Nc1ccccc1[N+](=O)[O-]. The lowest BCUT2D eigenvalue weighted by Crippen LogP contribution is -2.22. The Hall–Kier alpha value is -2.00. The fourth-order valence-electron chi connectivity index (χ4n) is 1.39. The molecular formula is C11H10N4O3S2. The first-order valence-corrected chi connectivity index (χ1v) is 7.31. The third kappa shape index (κ3) is 3.52. The third-order valence-corrected chi connectivity index (χ3v) is 4.26. The molecule has 1 amide bonds. The van der Waals surface area contributed by atoms with E-state index in [-0.39, 0.29) is 17.3 Å². The summed E-state index contributed by atoms with van der Waals surface area (Å²) in [7, 11) is 0. The number of aromatic nitrogens is 2. The van der Waals surface area contributed by atoms with Crippen LogP contribution in [0.3, 0.4) is 0 Å². The van der Waals surface area contributed by atoms with Gasteiger partial charge in [0.2, 0.25) is 5.91 Å². The number of para-hydroxylation sites is 2. The molecule has 1 aromatic heterocycles. The summed E-state index contributed by atoms with van der Waals surface area (Å²) in [5.74, 6) is -0.320. The summed E-state index contributed by atoms with van der Waals surface area (Å²) in [5.41, 5.74) is 1.64. The zero-order valence-corrected chi connectivity index (χ0v) is 12.0. The van der Waals surface area contributed by atoms with E-state index in [2.05, 4.69) is 15.5 Å². The molecule has 20 heavy (non-hydrogen) atoms. The number of nitrogens with zero attached hydrogens (tertiary/aromatic N) is 3. The highest BCUT2D eigenvalue weighted by atomic mass is 32.2. The highest BCUT2D eigenvalue weighted by Crippen LogP contribution is 2.27. The highest BCUT2D eigenvalue weighted by molar-refractivity contribution is 8.02. The molecule has 1 N–H and O–H groups in total. The maximum atomic E-state index is 12.0. The van der Waals surface area contributed by atoms with Crippen LogP contribution in [0.15, 0.2) is 34.1 Å². The van der Waals surface area contributed by atoms with Crippen molar-refractivity contribution in [1.29, 1.82) is 0 Å². The molecular weight excluding hydrogens is 300 g/mol. The van der Waals surface area contributed by atoms with E-state index < -0.39 is 10.2 Å². The van der Waals surface area contributed by atoms with E-state index in [0.29, 0.717) is 4.34 Å². The van der Waals surface area contributed by atoms with Crippen molar-refractivity contribution in [1.82, 2.24) is 10.2 Å². The molecule has 0 saturated heterocycles. The van der Waals surface area contributed by atoms with Gasteiger partial charge in [0.05, 0.1) is 10.2 Å². The molecule has 0 unspecified atom stereocenters. The van der Waals surface area contributed by atoms with E-state index in [1.807, 2.05) is 0 Å². The Labute approximate surface area is 122 Å². The van der Waals surface area contributed by atoms with E-state index in [1.54, 1.807) is 24.6 Å². The van der Waals surface area contributed by atoms with Crippen molar-refractivity contribution in [3.63, 3.8) is 0 Å². The maximum absolute atomic E-state index is 12.0. The fourth-order valence-corrected chi connectivity index (χ4v) is 3.02. The number of nitro benzene ring substituents is 1. The molecule has 104 valence electrons. The topological polar surface area (TPSA) is 98.0 Å². The number of nitrogens with one attached hydrogen (secondary N) is 1. The first kappa shape index (κ1) is 14.4. The average molecular weight is 310 g/mol. The molecule has 1 heterocycles. The smallest absolute Gasteiger partial charge is 0.292 e. The van der Waals surface area contributed by atoms with Gasteiger partial charge in [-0.15, -0.1) is 10.2 Å². The quantitative estimate of drug-likeness (QED) is 0.518. The van der Waals surface area contributed by atoms with Gasteiger partial charge in [0.1, 0.15) is 11.2 Å². The molecule has 1 aromatic carbocycles. The Morgan fingerprint density at radius 1 is 1.50 bits per heavy atom. The molecule has 7 nitrogen and oxygen atoms in total. The first-order chi connectivity index (χ1) is 9.58. The van der Waals surface area contributed by atoms with Crippen LogP contribution in [0.5, 0.6) is 0 Å². The molecule has 2 aromatic rings. The zero-order valence-electron chi connectivity index (χ0n) is 10.3. The van der Waals surface area contributed by atoms with Gasteiger partial charge < -0.3 is 5.32 Å². The van der Waals surface area contributed by atoms with Crippen LogP contribution in [0.2, 0.25) is 0 Å². The minimum atomic E-state index is -0.530. The van der Waals surface area contributed by atoms with Gasteiger partial charge in [0.15, 0.2) is 4.34 Å². The number of hydrogen-bond acceptors (Lipinski definition) is 7. The van der Waals surface area contributed by atoms with E-state index in [0.717, 1.165) is 0 Å². The minimum absolute atomic E-state index is 0.131. The van der Waals surface area contributed by atoms with Gasteiger partial charge in [-0.05, 0) is 13.0 Å². The second-order valence-corrected chi connectivity index (χ2v) is 6.15. The molecule has 0 aliphatic carbocycles. The van der Waals surface area contributed by atoms with Crippen LogP contribution >= 0.6 is 23.1 Å². The summed E-state index contributed by atoms with van der Waals surface area (Å²) in [6.07, 6.45) is 0. The van der Waals surface area contributed by atoms with Crippen LogP contribution < -0.4 is 5.32 Å². The zero-order chi connectivity index (χ0) is 14.5. The maximum Gasteiger partial charge on any atom is 0.292 e. The summed E-state index contributed by atoms with van der Waals surface area (Å²) < 4.78 is 0.676. The van der Waals surface area contributed by atoms with Crippen LogP contribution in [0.4, 0.5) is 11.4 Å². The summed E-state index contributed by atoms with van der Waals surface area (Å²) in [6.45, 7) is 1.70. The fraction of sp³-hybridized carbons (Fsp3) is 0.182. The van der Waals surface area contributed by atoms with Crippen molar-refractivity contribution in [2.75, 3.05) is 5.32 Å². The van der Waals surface area contributed by atoms with E-state index in [4.69, 9.17) is 0 Å². The second-order valence-electron chi connectivity index (χ2n) is 3.73. The second kappa shape index (κ2) is 6.44.